The van der Waals surface area contributed by atoms with E-state index in [9.17, 15) is 0 Å². The molecule has 1 saturated heterocycles. The first-order valence-electron chi connectivity index (χ1n) is 7.40. The number of hydrogen-bond donors (Lipinski definition) is 0. The second kappa shape index (κ2) is 5.31. The predicted molar refractivity (Wildman–Crippen MR) is 79.6 cm³/mol. The molecule has 2 heteroatoms. The van der Waals surface area contributed by atoms with Gasteiger partial charge in [-0.2, -0.15) is 0 Å². The van der Waals surface area contributed by atoms with Crippen LogP contribution >= 0.6 is 0 Å². The summed E-state index contributed by atoms with van der Waals surface area (Å²) in [5.74, 6) is 3.99. The summed E-state index contributed by atoms with van der Waals surface area (Å²) in [7, 11) is 0. The molecule has 0 spiro atoms. The lowest BCUT2D eigenvalue weighted by Gasteiger charge is -2.57. The Bertz CT molecular complexity index is 393. The van der Waals surface area contributed by atoms with Gasteiger partial charge in [0.05, 0.1) is 12.6 Å². The highest BCUT2D eigenvalue weighted by molar-refractivity contribution is 5.11. The third-order valence-corrected chi connectivity index (χ3v) is 5.03. The Morgan fingerprint density at radius 3 is 2.74 bits per heavy atom. The molecule has 1 heterocycles. The van der Waals surface area contributed by atoms with Crippen LogP contribution in [0.25, 0.3) is 0 Å². The molecule has 0 aromatic heterocycles. The molecule has 4 unspecified atom stereocenters. The van der Waals surface area contributed by atoms with Gasteiger partial charge >= 0.3 is 0 Å². The van der Waals surface area contributed by atoms with Crippen LogP contribution in [0.4, 0.5) is 0 Å². The van der Waals surface area contributed by atoms with Crippen molar-refractivity contribution in [3.05, 3.63) is 12.2 Å². The van der Waals surface area contributed by atoms with Gasteiger partial charge in [0, 0.05) is 11.5 Å². The van der Waals surface area contributed by atoms with E-state index in [2.05, 4.69) is 38.2 Å². The minimum Gasteiger partial charge on any atom is -0.355 e. The molecule has 1 aliphatic carbocycles. The first-order chi connectivity index (χ1) is 8.89. The monoisotopic (exact) mass is 261 g/mol. The van der Waals surface area contributed by atoms with E-state index in [0.29, 0.717) is 24.5 Å². The van der Waals surface area contributed by atoms with Crippen LogP contribution < -0.4 is 0 Å². The molecule has 0 N–H and O–H groups in total. The van der Waals surface area contributed by atoms with Gasteiger partial charge < -0.3 is 4.74 Å². The summed E-state index contributed by atoms with van der Waals surface area (Å²) >= 11 is 0. The van der Waals surface area contributed by atoms with Crippen molar-refractivity contribution in [2.24, 2.45) is 11.8 Å². The Kier molecular flexibility index (Phi) is 4.08. The maximum absolute atomic E-state index is 6.40. The zero-order chi connectivity index (χ0) is 14.2. The molecule has 0 aromatic rings. The molecule has 1 saturated carbocycles. The first kappa shape index (κ1) is 14.6. The summed E-state index contributed by atoms with van der Waals surface area (Å²) in [6.07, 6.45) is 9.69. The van der Waals surface area contributed by atoms with Gasteiger partial charge in [-0.05, 0) is 45.1 Å². The molecule has 2 nitrogen and oxygen atoms in total. The van der Waals surface area contributed by atoms with E-state index in [0.717, 1.165) is 5.57 Å². The van der Waals surface area contributed by atoms with Crippen LogP contribution in [-0.4, -0.2) is 29.3 Å². The minimum absolute atomic E-state index is 0.0344. The second-order valence-electron chi connectivity index (χ2n) is 6.80. The van der Waals surface area contributed by atoms with Crippen molar-refractivity contribution >= 4 is 0 Å². The van der Waals surface area contributed by atoms with E-state index in [1.807, 2.05) is 6.92 Å². The van der Waals surface area contributed by atoms with E-state index >= 15 is 0 Å². The van der Waals surface area contributed by atoms with Gasteiger partial charge in [-0.15, -0.1) is 6.42 Å². The lowest BCUT2D eigenvalue weighted by molar-refractivity contribution is -0.224. The summed E-state index contributed by atoms with van der Waals surface area (Å²) in [6, 6.07) is 0. The van der Waals surface area contributed by atoms with E-state index in [-0.39, 0.29) is 11.8 Å². The largest absolute Gasteiger partial charge is 0.355 e. The van der Waals surface area contributed by atoms with Crippen molar-refractivity contribution < 1.29 is 4.74 Å². The van der Waals surface area contributed by atoms with Crippen LogP contribution in [0, 0.1) is 24.2 Å². The van der Waals surface area contributed by atoms with Crippen molar-refractivity contribution in [2.45, 2.75) is 64.8 Å². The van der Waals surface area contributed by atoms with Crippen molar-refractivity contribution in [1.29, 1.82) is 0 Å². The van der Waals surface area contributed by atoms with Crippen LogP contribution in [0.5, 0.6) is 0 Å². The predicted octanol–water partition coefficient (Wildman–Crippen LogP) is 3.44. The third kappa shape index (κ3) is 2.47. The Balaban J connectivity index is 2.34. The fourth-order valence-electron chi connectivity index (χ4n) is 3.87. The molecule has 0 aromatic carbocycles. The number of rotatable bonds is 2. The minimum atomic E-state index is -0.0344. The van der Waals surface area contributed by atoms with E-state index < -0.39 is 0 Å². The highest BCUT2D eigenvalue weighted by Crippen LogP contribution is 2.46. The van der Waals surface area contributed by atoms with Crippen molar-refractivity contribution in [2.75, 3.05) is 6.54 Å². The smallest absolute Gasteiger partial charge is 0.133 e. The molecule has 2 rings (SSSR count). The van der Waals surface area contributed by atoms with Gasteiger partial charge in [-0.25, -0.2) is 0 Å². The van der Waals surface area contributed by atoms with Gasteiger partial charge in [-0.1, -0.05) is 25.8 Å². The van der Waals surface area contributed by atoms with E-state index in [1.165, 1.54) is 19.3 Å². The Morgan fingerprint density at radius 1 is 1.47 bits per heavy atom. The summed E-state index contributed by atoms with van der Waals surface area (Å²) in [5, 5.41) is 0. The van der Waals surface area contributed by atoms with Crippen LogP contribution in [0.15, 0.2) is 12.2 Å². The summed E-state index contributed by atoms with van der Waals surface area (Å²) < 4.78 is 6.40. The van der Waals surface area contributed by atoms with Crippen molar-refractivity contribution in [3.63, 3.8) is 0 Å². The van der Waals surface area contributed by atoms with E-state index in [4.69, 9.17) is 11.2 Å². The molecule has 19 heavy (non-hydrogen) atoms. The Labute approximate surface area is 118 Å². The number of nitrogens with zero attached hydrogens (tertiary/aromatic N) is 1. The average Bonchev–Trinajstić information content (AvgIpc) is 2.33. The maximum Gasteiger partial charge on any atom is 0.133 e. The normalized spacial score (nSPS) is 38.3. The molecule has 106 valence electrons. The zero-order valence-electron chi connectivity index (χ0n) is 12.8. The number of hydrogen-bond acceptors (Lipinski definition) is 2. The topological polar surface area (TPSA) is 12.5 Å². The lowest BCUT2D eigenvalue weighted by Crippen LogP contribution is -2.65. The molecule has 0 radical (unpaired) electrons. The number of fused-ring (bicyclic) bond motifs is 1. The van der Waals surface area contributed by atoms with E-state index in [1.54, 1.807) is 0 Å². The third-order valence-electron chi connectivity index (χ3n) is 5.03. The Morgan fingerprint density at radius 2 is 2.16 bits per heavy atom. The molecular weight excluding hydrogens is 234 g/mol. The van der Waals surface area contributed by atoms with Crippen LogP contribution in [0.1, 0.15) is 47.0 Å². The van der Waals surface area contributed by atoms with Crippen LogP contribution in [0.3, 0.4) is 0 Å². The fraction of sp³-hybridized carbons (Fsp3) is 0.765. The van der Waals surface area contributed by atoms with Gasteiger partial charge in [0.2, 0.25) is 0 Å². The van der Waals surface area contributed by atoms with Gasteiger partial charge in [0.25, 0.3) is 0 Å². The first-order valence-corrected chi connectivity index (χ1v) is 7.40. The fourth-order valence-corrected chi connectivity index (χ4v) is 3.87. The number of terminal acetylenes is 1. The highest BCUT2D eigenvalue weighted by Gasteiger charge is 2.51. The highest BCUT2D eigenvalue weighted by atomic mass is 16.5. The Hall–Kier alpha value is -0.780. The van der Waals surface area contributed by atoms with Gasteiger partial charge in [0.15, 0.2) is 0 Å². The quantitative estimate of drug-likeness (QED) is 0.558. The zero-order valence-corrected chi connectivity index (χ0v) is 12.8. The summed E-state index contributed by atoms with van der Waals surface area (Å²) in [5.41, 5.74) is 1.13. The summed E-state index contributed by atoms with van der Waals surface area (Å²) in [6.45, 7) is 13.7. The molecule has 4 atom stereocenters. The number of ether oxygens (including phenoxy) is 1. The SMILES string of the molecule is C#CCN1C(C(=C)C)OC2C(C)CCCC2C1(C)C. The van der Waals surface area contributed by atoms with Crippen molar-refractivity contribution in [3.8, 4) is 12.3 Å². The molecule has 1 aliphatic heterocycles. The molecule has 2 aliphatic rings. The lowest BCUT2D eigenvalue weighted by atomic mass is 9.68. The van der Waals surface area contributed by atoms with Crippen LogP contribution in [0.2, 0.25) is 0 Å². The molecular formula is C17H27NO. The standard InChI is InChI=1S/C17H27NO/c1-7-11-18-16(12(2)3)19-15-13(4)9-8-10-14(15)17(18,5)6/h1,13-16H,2,8-11H2,3-6H3. The summed E-state index contributed by atoms with van der Waals surface area (Å²) in [4.78, 5) is 2.31. The molecule has 0 bridgehead atoms. The van der Waals surface area contributed by atoms with Crippen molar-refractivity contribution in [1.82, 2.24) is 4.90 Å². The second-order valence-corrected chi connectivity index (χ2v) is 6.80. The van der Waals surface area contributed by atoms with Gasteiger partial charge in [-0.3, -0.25) is 4.90 Å². The van der Waals surface area contributed by atoms with Gasteiger partial charge in [0.1, 0.15) is 6.23 Å². The maximum atomic E-state index is 6.40. The molecule has 2 fully saturated rings. The molecule has 0 amide bonds. The average molecular weight is 261 g/mol. The van der Waals surface area contributed by atoms with Crippen LogP contribution in [-0.2, 0) is 4.74 Å².